The molecule has 0 aliphatic rings. The van der Waals surface area contributed by atoms with E-state index in [9.17, 15) is 4.79 Å². The number of unbranched alkanes of at least 4 members (excludes halogenated alkanes) is 2. The van der Waals surface area contributed by atoms with Crippen LogP contribution in [0, 0.1) is 0 Å². The predicted octanol–water partition coefficient (Wildman–Crippen LogP) is 4.17. The first-order chi connectivity index (χ1) is 10.6. The largest absolute Gasteiger partial charge is 0.478 e. The highest BCUT2D eigenvalue weighted by molar-refractivity contribution is 6.35. The van der Waals surface area contributed by atoms with Gasteiger partial charge in [-0.25, -0.2) is 4.79 Å². The Labute approximate surface area is 139 Å². The number of nitrogens with zero attached hydrogens (tertiary/aromatic N) is 2. The van der Waals surface area contributed by atoms with Crippen molar-refractivity contribution in [1.29, 1.82) is 0 Å². The molecule has 0 atom stereocenters. The molecule has 1 heterocycles. The van der Waals surface area contributed by atoms with Crippen LogP contribution in [0.15, 0.2) is 35.3 Å². The maximum absolute atomic E-state index is 12.0. The fraction of sp³-hybridized carbons (Fsp3) is 0.375. The van der Waals surface area contributed by atoms with Gasteiger partial charge in [0.25, 0.3) is 0 Å². The molecular formula is C16H18Cl2N2O2. The Hall–Kier alpha value is -1.52. The van der Waals surface area contributed by atoms with E-state index in [1.54, 1.807) is 30.5 Å². The third kappa shape index (κ3) is 4.75. The molecule has 2 rings (SSSR count). The Morgan fingerprint density at radius 1 is 1.23 bits per heavy atom. The lowest BCUT2D eigenvalue weighted by atomic mass is 10.2. The number of aromatic nitrogens is 2. The lowest BCUT2D eigenvalue weighted by molar-refractivity contribution is 0.292. The van der Waals surface area contributed by atoms with Gasteiger partial charge in [0.1, 0.15) is 0 Å². The highest BCUT2D eigenvalue weighted by atomic mass is 35.5. The number of rotatable bonds is 7. The average molecular weight is 341 g/mol. The van der Waals surface area contributed by atoms with Gasteiger partial charge >= 0.3 is 5.69 Å². The standard InChI is InChI=1S/C16H18Cl2N2O2/c1-2-3-4-9-22-15-7-8-20(16(21)19-15)11-12-5-6-13(17)10-14(12)18/h5-8,10H,2-4,9,11H2,1H3. The molecule has 22 heavy (non-hydrogen) atoms. The summed E-state index contributed by atoms with van der Waals surface area (Å²) in [5.41, 5.74) is 0.450. The van der Waals surface area contributed by atoms with E-state index in [0.29, 0.717) is 29.1 Å². The minimum absolute atomic E-state index is 0.345. The van der Waals surface area contributed by atoms with Gasteiger partial charge < -0.3 is 4.74 Å². The molecule has 1 aromatic carbocycles. The first-order valence-electron chi connectivity index (χ1n) is 7.24. The van der Waals surface area contributed by atoms with E-state index in [1.807, 2.05) is 0 Å². The minimum Gasteiger partial charge on any atom is -0.478 e. The molecule has 0 saturated carbocycles. The van der Waals surface area contributed by atoms with Gasteiger partial charge in [-0.15, -0.1) is 0 Å². The second-order valence-electron chi connectivity index (χ2n) is 4.97. The maximum atomic E-state index is 12.0. The summed E-state index contributed by atoms with van der Waals surface area (Å²) >= 11 is 12.0. The molecule has 1 aromatic heterocycles. The van der Waals surface area contributed by atoms with Crippen molar-refractivity contribution in [2.24, 2.45) is 0 Å². The van der Waals surface area contributed by atoms with Crippen molar-refractivity contribution < 1.29 is 4.74 Å². The molecule has 0 saturated heterocycles. The number of halogens is 2. The van der Waals surface area contributed by atoms with Crippen LogP contribution in [-0.2, 0) is 6.54 Å². The SMILES string of the molecule is CCCCCOc1ccn(Cc2ccc(Cl)cc2Cl)c(=O)n1. The second kappa shape index (κ2) is 8.20. The second-order valence-corrected chi connectivity index (χ2v) is 5.81. The quantitative estimate of drug-likeness (QED) is 0.710. The van der Waals surface area contributed by atoms with Gasteiger partial charge in [0.05, 0.1) is 13.2 Å². The van der Waals surface area contributed by atoms with Crippen molar-refractivity contribution in [1.82, 2.24) is 9.55 Å². The molecular weight excluding hydrogens is 323 g/mol. The molecule has 118 valence electrons. The average Bonchev–Trinajstić information content (AvgIpc) is 2.49. The normalized spacial score (nSPS) is 10.7. The predicted molar refractivity (Wildman–Crippen MR) is 89.1 cm³/mol. The number of hydrogen-bond donors (Lipinski definition) is 0. The molecule has 2 aromatic rings. The van der Waals surface area contributed by atoms with Crippen LogP contribution in [0.4, 0.5) is 0 Å². The summed E-state index contributed by atoms with van der Waals surface area (Å²) in [6.07, 6.45) is 4.85. The molecule has 0 amide bonds. The van der Waals surface area contributed by atoms with Gasteiger partial charge in [0, 0.05) is 22.3 Å². The van der Waals surface area contributed by atoms with E-state index < -0.39 is 0 Å². The van der Waals surface area contributed by atoms with Gasteiger partial charge in [-0.3, -0.25) is 4.57 Å². The fourth-order valence-electron chi connectivity index (χ4n) is 1.98. The van der Waals surface area contributed by atoms with Gasteiger partial charge in [-0.1, -0.05) is 49.0 Å². The molecule has 0 unspecified atom stereocenters. The summed E-state index contributed by atoms with van der Waals surface area (Å²) in [6.45, 7) is 3.05. The van der Waals surface area contributed by atoms with Crippen molar-refractivity contribution in [2.75, 3.05) is 6.61 Å². The van der Waals surface area contributed by atoms with E-state index >= 15 is 0 Å². The molecule has 0 radical (unpaired) electrons. The van der Waals surface area contributed by atoms with Gasteiger partial charge in [-0.05, 0) is 24.1 Å². The van der Waals surface area contributed by atoms with Crippen molar-refractivity contribution in [2.45, 2.75) is 32.7 Å². The van der Waals surface area contributed by atoms with Crippen molar-refractivity contribution >= 4 is 23.2 Å². The van der Waals surface area contributed by atoms with Crippen molar-refractivity contribution in [3.63, 3.8) is 0 Å². The van der Waals surface area contributed by atoms with E-state index in [1.165, 1.54) is 4.57 Å². The Morgan fingerprint density at radius 3 is 2.73 bits per heavy atom. The summed E-state index contributed by atoms with van der Waals surface area (Å²) < 4.78 is 6.95. The number of hydrogen-bond acceptors (Lipinski definition) is 3. The molecule has 4 nitrogen and oxygen atoms in total. The summed E-state index contributed by atoms with van der Waals surface area (Å²) in [5.74, 6) is 0.361. The van der Waals surface area contributed by atoms with Gasteiger partial charge in [-0.2, -0.15) is 4.98 Å². The number of benzene rings is 1. The lowest BCUT2D eigenvalue weighted by Crippen LogP contribution is -2.23. The van der Waals surface area contributed by atoms with Crippen LogP contribution in [-0.4, -0.2) is 16.2 Å². The van der Waals surface area contributed by atoms with Crippen LogP contribution >= 0.6 is 23.2 Å². The Balaban J connectivity index is 2.05. The molecule has 0 bridgehead atoms. The highest BCUT2D eigenvalue weighted by Crippen LogP contribution is 2.21. The van der Waals surface area contributed by atoms with Crippen LogP contribution in [0.2, 0.25) is 10.0 Å². The van der Waals surface area contributed by atoms with Crippen LogP contribution in [0.1, 0.15) is 31.7 Å². The summed E-state index contributed by atoms with van der Waals surface area (Å²) in [5, 5.41) is 1.09. The van der Waals surface area contributed by atoms with Gasteiger partial charge in [0.2, 0.25) is 5.88 Å². The van der Waals surface area contributed by atoms with Crippen LogP contribution < -0.4 is 10.4 Å². The molecule has 0 spiro atoms. The van der Waals surface area contributed by atoms with Crippen molar-refractivity contribution in [3.8, 4) is 5.88 Å². The van der Waals surface area contributed by atoms with Crippen LogP contribution in [0.5, 0.6) is 5.88 Å². The monoisotopic (exact) mass is 340 g/mol. The van der Waals surface area contributed by atoms with E-state index in [2.05, 4.69) is 11.9 Å². The molecule has 0 fully saturated rings. The highest BCUT2D eigenvalue weighted by Gasteiger charge is 2.06. The molecule has 6 heteroatoms. The molecule has 0 aliphatic carbocycles. The third-order valence-electron chi connectivity index (χ3n) is 3.20. The van der Waals surface area contributed by atoms with Gasteiger partial charge in [0.15, 0.2) is 0 Å². The van der Waals surface area contributed by atoms with Crippen LogP contribution in [0.25, 0.3) is 0 Å². The summed E-state index contributed by atoms with van der Waals surface area (Å²) in [6, 6.07) is 6.89. The lowest BCUT2D eigenvalue weighted by Gasteiger charge is -2.09. The summed E-state index contributed by atoms with van der Waals surface area (Å²) in [7, 11) is 0. The van der Waals surface area contributed by atoms with E-state index in [0.717, 1.165) is 24.8 Å². The summed E-state index contributed by atoms with van der Waals surface area (Å²) in [4.78, 5) is 15.9. The third-order valence-corrected chi connectivity index (χ3v) is 3.79. The topological polar surface area (TPSA) is 44.1 Å². The number of ether oxygens (including phenoxy) is 1. The zero-order valence-electron chi connectivity index (χ0n) is 12.4. The van der Waals surface area contributed by atoms with E-state index in [-0.39, 0.29) is 5.69 Å². The molecule has 0 N–H and O–H groups in total. The first-order valence-corrected chi connectivity index (χ1v) is 8.00. The van der Waals surface area contributed by atoms with E-state index in [4.69, 9.17) is 27.9 Å². The minimum atomic E-state index is -0.362. The zero-order valence-corrected chi connectivity index (χ0v) is 13.9. The fourth-order valence-corrected chi connectivity index (χ4v) is 2.44. The smallest absolute Gasteiger partial charge is 0.351 e. The van der Waals surface area contributed by atoms with Crippen LogP contribution in [0.3, 0.4) is 0 Å². The first kappa shape index (κ1) is 16.8. The van der Waals surface area contributed by atoms with Crippen molar-refractivity contribution in [3.05, 3.63) is 56.6 Å². The zero-order chi connectivity index (χ0) is 15.9. The maximum Gasteiger partial charge on any atom is 0.351 e. The Kier molecular flexibility index (Phi) is 6.28. The molecule has 0 aliphatic heterocycles. The Morgan fingerprint density at radius 2 is 2.05 bits per heavy atom. The Bertz CT molecular complexity index is 686.